The van der Waals surface area contributed by atoms with Crippen molar-refractivity contribution in [1.29, 1.82) is 0 Å². The molecule has 80 valence electrons. The molecule has 0 aromatic rings. The van der Waals surface area contributed by atoms with Crippen molar-refractivity contribution in [3.05, 3.63) is 0 Å². The van der Waals surface area contributed by atoms with E-state index < -0.39 is 6.10 Å². The van der Waals surface area contributed by atoms with Gasteiger partial charge in [0.05, 0.1) is 25.4 Å². The standard InChI is InChI=1S/C10H22O3/c1-4-5-6-12-7-8-13-10(3)9(2)11/h9-11H,4-8H2,1-3H3/t9-,10?/m1/s1. The first-order valence-electron chi connectivity index (χ1n) is 5.06. The summed E-state index contributed by atoms with van der Waals surface area (Å²) in [6.45, 7) is 7.71. The zero-order valence-electron chi connectivity index (χ0n) is 8.95. The van der Waals surface area contributed by atoms with Gasteiger partial charge in [0.25, 0.3) is 0 Å². The van der Waals surface area contributed by atoms with Gasteiger partial charge in [-0.3, -0.25) is 0 Å². The van der Waals surface area contributed by atoms with Crippen molar-refractivity contribution in [3.63, 3.8) is 0 Å². The van der Waals surface area contributed by atoms with Gasteiger partial charge in [-0.15, -0.1) is 0 Å². The maximum Gasteiger partial charge on any atom is 0.0804 e. The summed E-state index contributed by atoms with van der Waals surface area (Å²) in [6.07, 6.45) is 1.75. The quantitative estimate of drug-likeness (QED) is 0.591. The lowest BCUT2D eigenvalue weighted by Gasteiger charge is -2.15. The fourth-order valence-electron chi connectivity index (χ4n) is 0.781. The molecular formula is C10H22O3. The molecular weight excluding hydrogens is 168 g/mol. The van der Waals surface area contributed by atoms with Crippen molar-refractivity contribution in [2.45, 2.75) is 45.8 Å². The van der Waals surface area contributed by atoms with Crippen LogP contribution >= 0.6 is 0 Å². The first-order chi connectivity index (χ1) is 6.18. The van der Waals surface area contributed by atoms with Crippen LogP contribution in [-0.4, -0.2) is 37.1 Å². The highest BCUT2D eigenvalue weighted by atomic mass is 16.5. The minimum Gasteiger partial charge on any atom is -0.391 e. The van der Waals surface area contributed by atoms with Gasteiger partial charge >= 0.3 is 0 Å². The molecule has 0 bridgehead atoms. The average molecular weight is 190 g/mol. The van der Waals surface area contributed by atoms with Crippen molar-refractivity contribution < 1.29 is 14.6 Å². The number of unbranched alkanes of at least 4 members (excludes halogenated alkanes) is 1. The molecule has 0 saturated heterocycles. The van der Waals surface area contributed by atoms with Crippen molar-refractivity contribution >= 4 is 0 Å². The Morgan fingerprint density at radius 1 is 1.15 bits per heavy atom. The second kappa shape index (κ2) is 8.48. The zero-order valence-corrected chi connectivity index (χ0v) is 8.95. The fourth-order valence-corrected chi connectivity index (χ4v) is 0.781. The lowest BCUT2D eigenvalue weighted by molar-refractivity contribution is -0.0407. The molecule has 0 aliphatic carbocycles. The molecule has 0 aromatic carbocycles. The third-order valence-corrected chi connectivity index (χ3v) is 1.93. The summed E-state index contributed by atoms with van der Waals surface area (Å²) >= 11 is 0. The molecule has 0 aliphatic rings. The molecule has 0 fully saturated rings. The molecule has 13 heavy (non-hydrogen) atoms. The third kappa shape index (κ3) is 8.22. The molecule has 3 nitrogen and oxygen atoms in total. The van der Waals surface area contributed by atoms with Crippen LogP contribution in [0.3, 0.4) is 0 Å². The van der Waals surface area contributed by atoms with E-state index in [-0.39, 0.29) is 6.10 Å². The number of rotatable bonds is 8. The van der Waals surface area contributed by atoms with Crippen molar-refractivity contribution in [2.75, 3.05) is 19.8 Å². The summed E-state index contributed by atoms with van der Waals surface area (Å²) < 4.78 is 10.6. The van der Waals surface area contributed by atoms with Crippen LogP contribution in [0.5, 0.6) is 0 Å². The van der Waals surface area contributed by atoms with Crippen LogP contribution in [0, 0.1) is 0 Å². The highest BCUT2D eigenvalue weighted by Gasteiger charge is 2.07. The molecule has 0 aromatic heterocycles. The Kier molecular flexibility index (Phi) is 8.40. The van der Waals surface area contributed by atoms with E-state index in [2.05, 4.69) is 6.92 Å². The van der Waals surface area contributed by atoms with Crippen LogP contribution in [0.1, 0.15) is 33.6 Å². The van der Waals surface area contributed by atoms with Gasteiger partial charge < -0.3 is 14.6 Å². The summed E-state index contributed by atoms with van der Waals surface area (Å²) in [7, 11) is 0. The van der Waals surface area contributed by atoms with Gasteiger partial charge in [0.15, 0.2) is 0 Å². The van der Waals surface area contributed by atoms with Crippen LogP contribution in [0.2, 0.25) is 0 Å². The maximum absolute atomic E-state index is 9.10. The molecule has 2 atom stereocenters. The second-order valence-electron chi connectivity index (χ2n) is 3.28. The van der Waals surface area contributed by atoms with Gasteiger partial charge in [0.1, 0.15) is 0 Å². The maximum atomic E-state index is 9.10. The Morgan fingerprint density at radius 2 is 1.85 bits per heavy atom. The Labute approximate surface area is 81.0 Å². The minimum atomic E-state index is -0.407. The lowest BCUT2D eigenvalue weighted by atomic mass is 10.3. The fraction of sp³-hybridized carbons (Fsp3) is 1.00. The molecule has 0 amide bonds. The van der Waals surface area contributed by atoms with Crippen molar-refractivity contribution in [3.8, 4) is 0 Å². The predicted octanol–water partition coefficient (Wildman–Crippen LogP) is 1.59. The van der Waals surface area contributed by atoms with E-state index in [1.165, 1.54) is 0 Å². The summed E-state index contributed by atoms with van der Waals surface area (Å²) in [5.74, 6) is 0. The number of ether oxygens (including phenoxy) is 2. The number of aliphatic hydroxyl groups excluding tert-OH is 1. The summed E-state index contributed by atoms with van der Waals surface area (Å²) in [6, 6.07) is 0. The molecule has 1 unspecified atom stereocenters. The highest BCUT2D eigenvalue weighted by molar-refractivity contribution is 4.56. The third-order valence-electron chi connectivity index (χ3n) is 1.93. The summed E-state index contributed by atoms with van der Waals surface area (Å²) in [4.78, 5) is 0. The molecule has 0 saturated carbocycles. The minimum absolute atomic E-state index is 0.102. The van der Waals surface area contributed by atoms with Crippen LogP contribution in [0.4, 0.5) is 0 Å². The number of hydrogen-bond donors (Lipinski definition) is 1. The van der Waals surface area contributed by atoms with E-state index in [9.17, 15) is 0 Å². The van der Waals surface area contributed by atoms with E-state index in [0.29, 0.717) is 13.2 Å². The van der Waals surface area contributed by atoms with Gasteiger partial charge in [0, 0.05) is 6.61 Å². The average Bonchev–Trinajstić information content (AvgIpc) is 2.10. The predicted molar refractivity (Wildman–Crippen MR) is 52.8 cm³/mol. The van der Waals surface area contributed by atoms with Crippen molar-refractivity contribution in [2.24, 2.45) is 0 Å². The lowest BCUT2D eigenvalue weighted by Crippen LogP contribution is -2.24. The van der Waals surface area contributed by atoms with Crippen LogP contribution in [-0.2, 0) is 9.47 Å². The molecule has 0 radical (unpaired) electrons. The molecule has 3 heteroatoms. The van der Waals surface area contributed by atoms with Gasteiger partial charge in [-0.25, -0.2) is 0 Å². The van der Waals surface area contributed by atoms with Crippen LogP contribution < -0.4 is 0 Å². The van der Waals surface area contributed by atoms with Gasteiger partial charge in [0.2, 0.25) is 0 Å². The van der Waals surface area contributed by atoms with E-state index in [1.54, 1.807) is 6.92 Å². The SMILES string of the molecule is CCCCOCCOC(C)[C@@H](C)O. The number of hydrogen-bond acceptors (Lipinski definition) is 3. The van der Waals surface area contributed by atoms with Gasteiger partial charge in [-0.2, -0.15) is 0 Å². The monoisotopic (exact) mass is 190 g/mol. The molecule has 1 N–H and O–H groups in total. The molecule has 0 heterocycles. The van der Waals surface area contributed by atoms with E-state index >= 15 is 0 Å². The Hall–Kier alpha value is -0.120. The van der Waals surface area contributed by atoms with E-state index in [0.717, 1.165) is 19.4 Å². The second-order valence-corrected chi connectivity index (χ2v) is 3.28. The molecule has 0 aliphatic heterocycles. The van der Waals surface area contributed by atoms with Crippen LogP contribution in [0.15, 0.2) is 0 Å². The normalized spacial score (nSPS) is 15.7. The van der Waals surface area contributed by atoms with Crippen molar-refractivity contribution in [1.82, 2.24) is 0 Å². The largest absolute Gasteiger partial charge is 0.391 e. The highest BCUT2D eigenvalue weighted by Crippen LogP contribution is 1.97. The van der Waals surface area contributed by atoms with Gasteiger partial charge in [-0.05, 0) is 20.3 Å². The Morgan fingerprint density at radius 3 is 2.38 bits per heavy atom. The first kappa shape index (κ1) is 12.9. The zero-order chi connectivity index (χ0) is 10.1. The first-order valence-corrected chi connectivity index (χ1v) is 5.06. The van der Waals surface area contributed by atoms with Crippen LogP contribution in [0.25, 0.3) is 0 Å². The Balaban J connectivity index is 3.07. The molecule has 0 rings (SSSR count). The Bertz CT molecular complexity index is 104. The molecule has 0 spiro atoms. The topological polar surface area (TPSA) is 38.7 Å². The van der Waals surface area contributed by atoms with Gasteiger partial charge in [-0.1, -0.05) is 13.3 Å². The number of aliphatic hydroxyl groups is 1. The summed E-state index contributed by atoms with van der Waals surface area (Å²) in [5, 5.41) is 9.10. The summed E-state index contributed by atoms with van der Waals surface area (Å²) in [5.41, 5.74) is 0. The van der Waals surface area contributed by atoms with E-state index in [4.69, 9.17) is 14.6 Å². The smallest absolute Gasteiger partial charge is 0.0804 e. The van der Waals surface area contributed by atoms with E-state index in [1.807, 2.05) is 6.92 Å².